The first-order valence-corrected chi connectivity index (χ1v) is 11.3. The average Bonchev–Trinajstić information content (AvgIpc) is 3.36. The molecular weight excluding hydrogens is 456 g/mol. The van der Waals surface area contributed by atoms with Gasteiger partial charge in [-0.25, -0.2) is 9.78 Å². The molecule has 170 valence electrons. The van der Waals surface area contributed by atoms with E-state index in [-0.39, 0.29) is 34.9 Å². The van der Waals surface area contributed by atoms with Crippen LogP contribution in [0.25, 0.3) is 11.3 Å². The minimum absolute atomic E-state index is 0.0407. The lowest BCUT2D eigenvalue weighted by atomic mass is 9.98. The van der Waals surface area contributed by atoms with E-state index in [1.54, 1.807) is 24.6 Å². The maximum Gasteiger partial charge on any atom is 0.339 e. The summed E-state index contributed by atoms with van der Waals surface area (Å²) in [4.78, 5) is 41.3. The van der Waals surface area contributed by atoms with Crippen molar-refractivity contribution < 1.29 is 23.7 Å². The van der Waals surface area contributed by atoms with Crippen LogP contribution < -0.4 is 0 Å². The molecule has 8 nitrogen and oxygen atoms in total. The predicted molar refractivity (Wildman–Crippen MR) is 126 cm³/mol. The van der Waals surface area contributed by atoms with Gasteiger partial charge in [-0.1, -0.05) is 48.5 Å². The number of carbonyl (C=O) groups excluding carboxylic acids is 2. The van der Waals surface area contributed by atoms with Gasteiger partial charge < -0.3 is 9.15 Å². The van der Waals surface area contributed by atoms with Crippen LogP contribution >= 0.6 is 11.8 Å². The summed E-state index contributed by atoms with van der Waals surface area (Å²) >= 11 is 1.21. The lowest BCUT2D eigenvalue weighted by molar-refractivity contribution is -0.387. The summed E-state index contributed by atoms with van der Waals surface area (Å²) in [6, 6.07) is 19.7. The quantitative estimate of drug-likeness (QED) is 0.107. The molecule has 4 aromatic rings. The van der Waals surface area contributed by atoms with Gasteiger partial charge in [-0.2, -0.15) is 0 Å². The van der Waals surface area contributed by atoms with E-state index in [9.17, 15) is 19.7 Å². The molecule has 0 aliphatic carbocycles. The van der Waals surface area contributed by atoms with E-state index in [1.807, 2.05) is 30.3 Å². The Labute approximate surface area is 198 Å². The summed E-state index contributed by atoms with van der Waals surface area (Å²) in [5, 5.41) is 11.4. The molecule has 0 bridgehead atoms. The topological polar surface area (TPSA) is 113 Å². The zero-order chi connectivity index (χ0) is 24.1. The summed E-state index contributed by atoms with van der Waals surface area (Å²) in [5.41, 5.74) is 0.890. The number of nitro groups is 1. The van der Waals surface area contributed by atoms with Gasteiger partial charge in [0.25, 0.3) is 5.69 Å². The van der Waals surface area contributed by atoms with Crippen molar-refractivity contribution in [3.63, 3.8) is 0 Å². The molecule has 0 saturated carbocycles. The van der Waals surface area contributed by atoms with E-state index in [1.165, 1.54) is 42.1 Å². The van der Waals surface area contributed by atoms with E-state index >= 15 is 0 Å². The van der Waals surface area contributed by atoms with Crippen molar-refractivity contribution in [2.75, 3.05) is 6.26 Å². The molecule has 0 aliphatic rings. The molecule has 0 N–H and O–H groups in total. The van der Waals surface area contributed by atoms with Gasteiger partial charge in [0, 0.05) is 22.8 Å². The van der Waals surface area contributed by atoms with Crippen molar-refractivity contribution in [3.05, 3.63) is 112 Å². The van der Waals surface area contributed by atoms with Crippen molar-refractivity contribution in [2.45, 2.75) is 11.5 Å². The van der Waals surface area contributed by atoms with E-state index in [0.717, 1.165) is 5.56 Å². The number of esters is 1. The third kappa shape index (κ3) is 4.89. The second-order valence-electron chi connectivity index (χ2n) is 7.08. The SMILES string of the molecule is CSc1ccc(C(=O)c2ccccc2C(=O)OCc2ncc(-c3ccccc3)o2)cc1[N+](=O)[O-]. The van der Waals surface area contributed by atoms with Gasteiger partial charge in [0.1, 0.15) is 0 Å². The van der Waals surface area contributed by atoms with Crippen LogP contribution in [0.5, 0.6) is 0 Å². The summed E-state index contributed by atoms with van der Waals surface area (Å²) in [6.07, 6.45) is 3.26. The number of aromatic nitrogens is 1. The van der Waals surface area contributed by atoms with Gasteiger partial charge in [-0.05, 0) is 24.5 Å². The van der Waals surface area contributed by atoms with Crippen LogP contribution in [-0.2, 0) is 11.3 Å². The van der Waals surface area contributed by atoms with Crippen LogP contribution in [0.15, 0.2) is 88.3 Å². The number of nitro benzene ring substituents is 1. The Morgan fingerprint density at radius 1 is 1.03 bits per heavy atom. The van der Waals surface area contributed by atoms with Gasteiger partial charge in [0.2, 0.25) is 5.89 Å². The van der Waals surface area contributed by atoms with E-state index in [0.29, 0.717) is 10.7 Å². The van der Waals surface area contributed by atoms with Gasteiger partial charge in [-0.15, -0.1) is 11.8 Å². The summed E-state index contributed by atoms with van der Waals surface area (Å²) in [5.74, 6) is -0.513. The highest BCUT2D eigenvalue weighted by molar-refractivity contribution is 7.98. The number of benzene rings is 3. The fourth-order valence-corrected chi connectivity index (χ4v) is 3.85. The maximum atomic E-state index is 13.1. The first kappa shape index (κ1) is 22.9. The zero-order valence-corrected chi connectivity index (χ0v) is 18.8. The number of nitrogens with zero attached hydrogens (tertiary/aromatic N) is 2. The molecule has 0 atom stereocenters. The number of oxazole rings is 1. The van der Waals surface area contributed by atoms with Gasteiger partial charge in [-0.3, -0.25) is 14.9 Å². The summed E-state index contributed by atoms with van der Waals surface area (Å²) in [6.45, 7) is -0.220. The smallest absolute Gasteiger partial charge is 0.339 e. The van der Waals surface area contributed by atoms with Crippen molar-refractivity contribution >= 4 is 29.2 Å². The number of carbonyl (C=O) groups is 2. The first-order valence-electron chi connectivity index (χ1n) is 10.1. The summed E-state index contributed by atoms with van der Waals surface area (Å²) < 4.78 is 11.0. The Bertz CT molecular complexity index is 1370. The number of ether oxygens (including phenoxy) is 1. The molecule has 1 heterocycles. The number of hydrogen-bond donors (Lipinski definition) is 0. The largest absolute Gasteiger partial charge is 0.452 e. The molecule has 0 spiro atoms. The van der Waals surface area contributed by atoms with Crippen molar-refractivity contribution in [1.29, 1.82) is 0 Å². The Morgan fingerprint density at radius 2 is 1.74 bits per heavy atom. The second-order valence-corrected chi connectivity index (χ2v) is 7.93. The standard InChI is InChI=1S/C25H18N2O6S/c1-34-22-12-11-17(13-20(22)27(30)31)24(28)18-9-5-6-10-19(18)25(29)32-15-23-26-14-21(33-23)16-7-3-2-4-8-16/h2-14H,15H2,1H3. The first-order chi connectivity index (χ1) is 16.5. The third-order valence-corrected chi connectivity index (χ3v) is 5.75. The Kier molecular flexibility index (Phi) is 6.84. The van der Waals surface area contributed by atoms with Crippen LogP contribution in [0.1, 0.15) is 32.2 Å². The van der Waals surface area contributed by atoms with Crippen LogP contribution in [0, 0.1) is 10.1 Å². The van der Waals surface area contributed by atoms with E-state index < -0.39 is 16.7 Å². The minimum Gasteiger partial charge on any atom is -0.452 e. The zero-order valence-electron chi connectivity index (χ0n) is 18.0. The molecule has 0 amide bonds. The van der Waals surface area contributed by atoms with Crippen LogP contribution in [-0.4, -0.2) is 27.9 Å². The fraction of sp³-hybridized carbons (Fsp3) is 0.0800. The Morgan fingerprint density at radius 3 is 2.44 bits per heavy atom. The van der Waals surface area contributed by atoms with Crippen LogP contribution in [0.3, 0.4) is 0 Å². The molecule has 4 rings (SSSR count). The molecule has 0 fully saturated rings. The number of ketones is 1. The second kappa shape index (κ2) is 10.1. The lowest BCUT2D eigenvalue weighted by Gasteiger charge is -2.09. The molecule has 34 heavy (non-hydrogen) atoms. The molecule has 0 saturated heterocycles. The molecule has 0 radical (unpaired) electrons. The highest BCUT2D eigenvalue weighted by Gasteiger charge is 2.23. The van der Waals surface area contributed by atoms with Crippen LogP contribution in [0.2, 0.25) is 0 Å². The number of hydrogen-bond acceptors (Lipinski definition) is 8. The molecule has 0 unspecified atom stereocenters. The normalized spacial score (nSPS) is 10.6. The third-order valence-electron chi connectivity index (χ3n) is 4.97. The summed E-state index contributed by atoms with van der Waals surface area (Å²) in [7, 11) is 0. The highest BCUT2D eigenvalue weighted by Crippen LogP contribution is 2.29. The van der Waals surface area contributed by atoms with Gasteiger partial charge in [0.05, 0.1) is 21.6 Å². The molecule has 0 aliphatic heterocycles. The Hall–Kier alpha value is -4.24. The van der Waals surface area contributed by atoms with E-state index in [2.05, 4.69) is 4.98 Å². The average molecular weight is 474 g/mol. The van der Waals surface area contributed by atoms with E-state index in [4.69, 9.17) is 9.15 Å². The number of thioether (sulfide) groups is 1. The van der Waals surface area contributed by atoms with Gasteiger partial charge >= 0.3 is 5.97 Å². The van der Waals surface area contributed by atoms with Gasteiger partial charge in [0.15, 0.2) is 18.2 Å². The van der Waals surface area contributed by atoms with Crippen LogP contribution in [0.4, 0.5) is 5.69 Å². The predicted octanol–water partition coefficient (Wildman–Crippen LogP) is 5.56. The Balaban J connectivity index is 1.53. The lowest BCUT2D eigenvalue weighted by Crippen LogP contribution is -2.13. The van der Waals surface area contributed by atoms with Crippen molar-refractivity contribution in [1.82, 2.24) is 4.98 Å². The molecular formula is C25H18N2O6S. The van der Waals surface area contributed by atoms with Crippen molar-refractivity contribution in [3.8, 4) is 11.3 Å². The highest BCUT2D eigenvalue weighted by atomic mass is 32.2. The maximum absolute atomic E-state index is 13.1. The number of rotatable bonds is 8. The molecule has 1 aromatic heterocycles. The van der Waals surface area contributed by atoms with Crippen molar-refractivity contribution in [2.24, 2.45) is 0 Å². The molecule has 9 heteroatoms. The monoisotopic (exact) mass is 474 g/mol. The fourth-order valence-electron chi connectivity index (χ4n) is 3.31. The minimum atomic E-state index is -0.737. The molecule has 3 aromatic carbocycles.